The molecular formula is C19H21N3O4S. The molecule has 1 N–H and O–H groups in total. The van der Waals surface area contributed by atoms with Gasteiger partial charge in [0.15, 0.2) is 5.13 Å². The zero-order chi connectivity index (χ0) is 19.2. The summed E-state index contributed by atoms with van der Waals surface area (Å²) in [6.07, 6.45) is 1.56. The number of carbonyl (C=O) groups excluding carboxylic acids is 3. The van der Waals surface area contributed by atoms with Gasteiger partial charge < -0.3 is 9.64 Å². The standard InChI is InChI=1S/C19H21N3O4S/c1-2-26-17(24)10-15-12-27-19(20-15)21-18(25)14-6-3-5-13(9-14)11-22-8-4-7-16(22)23/h3,5-6,9,12H,2,4,7-8,10-11H2,1H3,(H,20,21,25). The van der Waals surface area contributed by atoms with Crippen LogP contribution in [0.1, 0.15) is 41.4 Å². The summed E-state index contributed by atoms with van der Waals surface area (Å²) >= 11 is 1.26. The van der Waals surface area contributed by atoms with E-state index in [1.807, 2.05) is 6.07 Å². The van der Waals surface area contributed by atoms with Crippen LogP contribution >= 0.6 is 11.3 Å². The lowest BCUT2D eigenvalue weighted by atomic mass is 10.1. The van der Waals surface area contributed by atoms with E-state index in [0.29, 0.717) is 36.0 Å². The third-order valence-electron chi connectivity index (χ3n) is 4.14. The van der Waals surface area contributed by atoms with E-state index in [2.05, 4.69) is 10.3 Å². The number of aromatic nitrogens is 1. The van der Waals surface area contributed by atoms with Crippen molar-refractivity contribution in [2.24, 2.45) is 0 Å². The number of thiazole rings is 1. The fourth-order valence-electron chi connectivity index (χ4n) is 2.88. The maximum absolute atomic E-state index is 12.5. The van der Waals surface area contributed by atoms with Gasteiger partial charge in [-0.25, -0.2) is 4.98 Å². The van der Waals surface area contributed by atoms with Crippen molar-refractivity contribution in [1.82, 2.24) is 9.88 Å². The summed E-state index contributed by atoms with van der Waals surface area (Å²) in [5.74, 6) is -0.465. The normalized spacial score (nSPS) is 13.7. The van der Waals surface area contributed by atoms with Crippen LogP contribution in [0.2, 0.25) is 0 Å². The zero-order valence-corrected chi connectivity index (χ0v) is 15.9. The minimum atomic E-state index is -0.343. The Balaban J connectivity index is 1.61. The molecule has 0 unspecified atom stereocenters. The minimum absolute atomic E-state index is 0.0829. The highest BCUT2D eigenvalue weighted by atomic mass is 32.1. The first-order valence-corrected chi connectivity index (χ1v) is 9.71. The number of nitrogens with zero attached hydrogens (tertiary/aromatic N) is 2. The van der Waals surface area contributed by atoms with Crippen molar-refractivity contribution >= 4 is 34.3 Å². The molecule has 1 aliphatic rings. The van der Waals surface area contributed by atoms with Gasteiger partial charge in [-0.1, -0.05) is 12.1 Å². The molecule has 1 aromatic heterocycles. The van der Waals surface area contributed by atoms with E-state index >= 15 is 0 Å². The molecule has 8 heteroatoms. The first kappa shape index (κ1) is 19.0. The number of carbonyl (C=O) groups is 3. The summed E-state index contributed by atoms with van der Waals surface area (Å²) in [6.45, 7) is 3.35. The number of nitrogens with one attached hydrogen (secondary N) is 1. The van der Waals surface area contributed by atoms with Gasteiger partial charge in [-0.3, -0.25) is 19.7 Å². The lowest BCUT2D eigenvalue weighted by Gasteiger charge is -2.15. The fraction of sp³-hybridized carbons (Fsp3) is 0.368. The number of rotatable bonds is 7. The first-order valence-electron chi connectivity index (χ1n) is 8.83. The van der Waals surface area contributed by atoms with E-state index < -0.39 is 0 Å². The predicted molar refractivity (Wildman–Crippen MR) is 101 cm³/mol. The summed E-state index contributed by atoms with van der Waals surface area (Å²) in [7, 11) is 0. The van der Waals surface area contributed by atoms with E-state index in [0.717, 1.165) is 18.5 Å². The largest absolute Gasteiger partial charge is 0.466 e. The number of hydrogen-bond acceptors (Lipinski definition) is 6. The summed E-state index contributed by atoms with van der Waals surface area (Å²) in [6, 6.07) is 7.22. The molecule has 0 spiro atoms. The summed E-state index contributed by atoms with van der Waals surface area (Å²) < 4.78 is 4.89. The second-order valence-corrected chi connectivity index (χ2v) is 7.06. The fourth-order valence-corrected chi connectivity index (χ4v) is 3.58. The second kappa shape index (κ2) is 8.77. The van der Waals surface area contributed by atoms with Crippen LogP contribution in [0, 0.1) is 0 Å². The molecule has 3 rings (SSSR count). The Kier molecular flexibility index (Phi) is 6.18. The van der Waals surface area contributed by atoms with Crippen LogP contribution in [0.15, 0.2) is 29.6 Å². The Hall–Kier alpha value is -2.74. The molecule has 1 fully saturated rings. The molecule has 2 aromatic rings. The van der Waals surface area contributed by atoms with Gasteiger partial charge in [0.1, 0.15) is 0 Å². The molecular weight excluding hydrogens is 366 g/mol. The number of hydrogen-bond donors (Lipinski definition) is 1. The monoisotopic (exact) mass is 387 g/mol. The average Bonchev–Trinajstić information content (AvgIpc) is 3.24. The Morgan fingerprint density at radius 2 is 2.22 bits per heavy atom. The molecule has 0 radical (unpaired) electrons. The van der Waals surface area contributed by atoms with Crippen molar-refractivity contribution in [3.05, 3.63) is 46.5 Å². The van der Waals surface area contributed by atoms with Gasteiger partial charge in [-0.2, -0.15) is 0 Å². The maximum Gasteiger partial charge on any atom is 0.311 e. The molecule has 0 bridgehead atoms. The molecule has 1 saturated heterocycles. The van der Waals surface area contributed by atoms with Gasteiger partial charge in [0.25, 0.3) is 5.91 Å². The van der Waals surface area contributed by atoms with Crippen molar-refractivity contribution in [1.29, 1.82) is 0 Å². The van der Waals surface area contributed by atoms with Crippen molar-refractivity contribution in [2.45, 2.75) is 32.7 Å². The quantitative estimate of drug-likeness (QED) is 0.738. The van der Waals surface area contributed by atoms with Gasteiger partial charge >= 0.3 is 5.97 Å². The molecule has 2 heterocycles. The van der Waals surface area contributed by atoms with E-state index in [1.165, 1.54) is 11.3 Å². The van der Waals surface area contributed by atoms with Crippen molar-refractivity contribution < 1.29 is 19.1 Å². The highest BCUT2D eigenvalue weighted by Gasteiger charge is 2.20. The lowest BCUT2D eigenvalue weighted by molar-refractivity contribution is -0.142. The Morgan fingerprint density at radius 1 is 1.37 bits per heavy atom. The highest BCUT2D eigenvalue weighted by Crippen LogP contribution is 2.19. The van der Waals surface area contributed by atoms with Gasteiger partial charge in [0.05, 0.1) is 18.7 Å². The van der Waals surface area contributed by atoms with E-state index in [9.17, 15) is 14.4 Å². The second-order valence-electron chi connectivity index (χ2n) is 6.20. The van der Waals surface area contributed by atoms with Gasteiger partial charge in [0.2, 0.25) is 5.91 Å². The number of anilines is 1. The van der Waals surface area contributed by atoms with Crippen LogP contribution in [-0.4, -0.2) is 40.8 Å². The Bertz CT molecular complexity index is 849. The summed E-state index contributed by atoms with van der Waals surface area (Å²) in [5, 5.41) is 4.90. The molecule has 0 saturated carbocycles. The summed E-state index contributed by atoms with van der Waals surface area (Å²) in [5.41, 5.74) is 1.98. The van der Waals surface area contributed by atoms with Gasteiger partial charge in [-0.05, 0) is 31.0 Å². The molecule has 0 atom stereocenters. The van der Waals surface area contributed by atoms with E-state index in [-0.39, 0.29) is 24.2 Å². The van der Waals surface area contributed by atoms with Crippen LogP contribution < -0.4 is 5.32 Å². The summed E-state index contributed by atoms with van der Waals surface area (Å²) in [4.78, 5) is 41.8. The Labute approximate surface area is 161 Å². The minimum Gasteiger partial charge on any atom is -0.466 e. The molecule has 7 nitrogen and oxygen atoms in total. The van der Waals surface area contributed by atoms with E-state index in [1.54, 1.807) is 35.4 Å². The van der Waals surface area contributed by atoms with Crippen LogP contribution in [-0.2, 0) is 27.3 Å². The molecule has 2 amide bonds. The van der Waals surface area contributed by atoms with Crippen molar-refractivity contribution in [3.8, 4) is 0 Å². The molecule has 27 heavy (non-hydrogen) atoms. The van der Waals surface area contributed by atoms with Crippen molar-refractivity contribution in [2.75, 3.05) is 18.5 Å². The van der Waals surface area contributed by atoms with Crippen LogP contribution in [0.4, 0.5) is 5.13 Å². The van der Waals surface area contributed by atoms with Crippen LogP contribution in [0.5, 0.6) is 0 Å². The van der Waals surface area contributed by atoms with Gasteiger partial charge in [-0.15, -0.1) is 11.3 Å². The molecule has 1 aliphatic heterocycles. The van der Waals surface area contributed by atoms with Crippen molar-refractivity contribution in [3.63, 3.8) is 0 Å². The first-order chi connectivity index (χ1) is 13.0. The van der Waals surface area contributed by atoms with E-state index in [4.69, 9.17) is 4.74 Å². The third-order valence-corrected chi connectivity index (χ3v) is 4.94. The predicted octanol–water partition coefficient (Wildman–Crippen LogP) is 2.62. The number of amides is 2. The molecule has 142 valence electrons. The average molecular weight is 387 g/mol. The molecule has 1 aromatic carbocycles. The SMILES string of the molecule is CCOC(=O)Cc1csc(NC(=O)c2cccc(CN3CCCC3=O)c2)n1. The smallest absolute Gasteiger partial charge is 0.311 e. The topological polar surface area (TPSA) is 88.6 Å². The lowest BCUT2D eigenvalue weighted by Crippen LogP contribution is -2.24. The maximum atomic E-state index is 12.5. The number of likely N-dealkylation sites (tertiary alicyclic amines) is 1. The van der Waals surface area contributed by atoms with Crippen LogP contribution in [0.3, 0.4) is 0 Å². The molecule has 0 aliphatic carbocycles. The van der Waals surface area contributed by atoms with Crippen LogP contribution in [0.25, 0.3) is 0 Å². The highest BCUT2D eigenvalue weighted by molar-refractivity contribution is 7.14. The zero-order valence-electron chi connectivity index (χ0n) is 15.1. The third kappa shape index (κ3) is 5.13. The number of esters is 1. The number of benzene rings is 1. The number of ether oxygens (including phenoxy) is 1. The Morgan fingerprint density at radius 3 is 2.96 bits per heavy atom. The van der Waals surface area contributed by atoms with Gasteiger partial charge in [0, 0.05) is 30.5 Å².